The molecule has 0 spiro atoms. The van der Waals surface area contributed by atoms with Crippen LogP contribution in [0, 0.1) is 5.41 Å². The van der Waals surface area contributed by atoms with Gasteiger partial charge in [-0.1, -0.05) is 58.9 Å². The molecular weight excluding hydrogens is 350 g/mol. The van der Waals surface area contributed by atoms with E-state index in [0.29, 0.717) is 17.6 Å². The fourth-order valence-electron chi connectivity index (χ4n) is 4.33. The van der Waals surface area contributed by atoms with Crippen LogP contribution in [-0.2, 0) is 19.7 Å². The number of nitrogens with one attached hydrogen (secondary N) is 1. The first-order chi connectivity index (χ1) is 12.9. The predicted molar refractivity (Wildman–Crippen MR) is 111 cm³/mol. The smallest absolute Gasteiger partial charge is 0.336 e. The van der Waals surface area contributed by atoms with Gasteiger partial charge in [0.2, 0.25) is 0 Å². The van der Waals surface area contributed by atoms with E-state index in [1.54, 1.807) is 0 Å². The van der Waals surface area contributed by atoms with Gasteiger partial charge in [0.25, 0.3) is 0 Å². The number of methoxy groups -OCH3 is 1. The summed E-state index contributed by atoms with van der Waals surface area (Å²) in [5.74, 6) is -0.669. The first-order valence-electron chi connectivity index (χ1n) is 9.87. The quantitative estimate of drug-likeness (QED) is 0.751. The molecule has 0 amide bonds. The summed E-state index contributed by atoms with van der Waals surface area (Å²) < 4.78 is 5.08. The number of hydrogen-bond donors (Lipinski definition) is 1. The molecule has 0 unspecified atom stereocenters. The molecule has 1 aromatic rings. The van der Waals surface area contributed by atoms with Crippen molar-refractivity contribution in [1.29, 1.82) is 0 Å². The maximum atomic E-state index is 13.1. The van der Waals surface area contributed by atoms with Crippen LogP contribution in [-0.4, -0.2) is 18.9 Å². The zero-order chi connectivity index (χ0) is 20.9. The van der Waals surface area contributed by atoms with E-state index < -0.39 is 0 Å². The van der Waals surface area contributed by atoms with Crippen LogP contribution in [0.5, 0.6) is 0 Å². The highest BCUT2D eigenvalue weighted by molar-refractivity contribution is 6.04. The van der Waals surface area contributed by atoms with E-state index in [1.165, 1.54) is 12.7 Å². The Morgan fingerprint density at radius 3 is 2.29 bits per heavy atom. The molecule has 1 heterocycles. The third kappa shape index (κ3) is 3.65. The average molecular weight is 382 g/mol. The zero-order valence-corrected chi connectivity index (χ0v) is 18.0. The van der Waals surface area contributed by atoms with Gasteiger partial charge in [-0.3, -0.25) is 4.79 Å². The molecule has 0 bridgehead atoms. The Morgan fingerprint density at radius 1 is 1.14 bits per heavy atom. The molecule has 150 valence electrons. The van der Waals surface area contributed by atoms with Crippen LogP contribution >= 0.6 is 0 Å². The van der Waals surface area contributed by atoms with Crippen LogP contribution < -0.4 is 5.32 Å². The molecule has 0 radical (unpaired) electrons. The summed E-state index contributed by atoms with van der Waals surface area (Å²) in [5.41, 5.74) is 5.07. The molecule has 1 aliphatic heterocycles. The van der Waals surface area contributed by atoms with Gasteiger partial charge in [0, 0.05) is 29.3 Å². The molecule has 2 aliphatic rings. The summed E-state index contributed by atoms with van der Waals surface area (Å²) in [6.45, 7) is 12.6. The summed E-state index contributed by atoms with van der Waals surface area (Å²) in [6.07, 6.45) is 1.27. The molecule has 4 nitrogen and oxygen atoms in total. The van der Waals surface area contributed by atoms with Gasteiger partial charge in [0.05, 0.1) is 12.7 Å². The summed E-state index contributed by atoms with van der Waals surface area (Å²) in [4.78, 5) is 25.8. The van der Waals surface area contributed by atoms with Crippen molar-refractivity contribution in [2.45, 2.75) is 65.7 Å². The number of hydrogen-bond acceptors (Lipinski definition) is 4. The van der Waals surface area contributed by atoms with Crippen LogP contribution in [0.1, 0.15) is 71.4 Å². The Kier molecular flexibility index (Phi) is 5.03. The normalized spacial score (nSPS) is 22.0. The Morgan fingerprint density at radius 2 is 1.75 bits per heavy atom. The van der Waals surface area contributed by atoms with Crippen molar-refractivity contribution in [3.8, 4) is 0 Å². The van der Waals surface area contributed by atoms with E-state index >= 15 is 0 Å². The molecule has 0 saturated heterocycles. The number of dihydropyridines is 1. The largest absolute Gasteiger partial charge is 0.466 e. The number of ether oxygens (including phenoxy) is 1. The van der Waals surface area contributed by atoms with Crippen LogP contribution in [0.15, 0.2) is 46.8 Å². The molecule has 1 aliphatic carbocycles. The molecule has 3 rings (SSSR count). The van der Waals surface area contributed by atoms with Crippen LogP contribution in [0.3, 0.4) is 0 Å². The number of ketones is 1. The Hall–Kier alpha value is -2.36. The second kappa shape index (κ2) is 6.91. The highest BCUT2D eigenvalue weighted by Gasteiger charge is 2.43. The standard InChI is InChI=1S/C24H31NO3/c1-14-19(22(27)28-7)20(15-8-10-16(11-9-15)23(2,3)4)21-17(25-14)12-24(5,6)13-18(21)26/h8-11,20,25H,12-13H2,1-7H3/t20-/m1/s1. The van der Waals surface area contributed by atoms with Crippen LogP contribution in [0.2, 0.25) is 0 Å². The van der Waals surface area contributed by atoms with E-state index in [9.17, 15) is 9.59 Å². The first-order valence-corrected chi connectivity index (χ1v) is 9.87. The van der Waals surface area contributed by atoms with Gasteiger partial charge in [-0.2, -0.15) is 0 Å². The predicted octanol–water partition coefficient (Wildman–Crippen LogP) is 4.76. The fourth-order valence-corrected chi connectivity index (χ4v) is 4.33. The maximum absolute atomic E-state index is 13.1. The maximum Gasteiger partial charge on any atom is 0.336 e. The first kappa shape index (κ1) is 20.4. The van der Waals surface area contributed by atoms with Gasteiger partial charge >= 0.3 is 5.97 Å². The topological polar surface area (TPSA) is 55.4 Å². The summed E-state index contributed by atoms with van der Waals surface area (Å²) in [6, 6.07) is 8.28. The molecule has 1 aromatic carbocycles. The second-order valence-electron chi connectivity index (χ2n) is 9.79. The van der Waals surface area contributed by atoms with Crippen LogP contribution in [0.4, 0.5) is 0 Å². The lowest BCUT2D eigenvalue weighted by Gasteiger charge is -2.39. The number of carbonyl (C=O) groups excluding carboxylic acids is 2. The van der Waals surface area contributed by atoms with Crippen molar-refractivity contribution < 1.29 is 14.3 Å². The lowest BCUT2D eigenvalue weighted by molar-refractivity contribution is -0.136. The number of Topliss-reactive ketones (excluding diaryl/α,β-unsaturated/α-hetero) is 1. The van der Waals surface area contributed by atoms with E-state index in [2.05, 4.69) is 52.1 Å². The van der Waals surface area contributed by atoms with E-state index in [0.717, 1.165) is 23.4 Å². The average Bonchev–Trinajstić information content (AvgIpc) is 2.58. The van der Waals surface area contributed by atoms with Crippen LogP contribution in [0.25, 0.3) is 0 Å². The molecule has 0 fully saturated rings. The minimum Gasteiger partial charge on any atom is -0.466 e. The number of benzene rings is 1. The van der Waals surface area contributed by atoms with Crippen molar-refractivity contribution in [1.82, 2.24) is 5.32 Å². The van der Waals surface area contributed by atoms with Gasteiger partial charge < -0.3 is 10.1 Å². The third-order valence-corrected chi connectivity index (χ3v) is 5.76. The number of rotatable bonds is 2. The molecule has 28 heavy (non-hydrogen) atoms. The Bertz CT molecular complexity index is 879. The van der Waals surface area contributed by atoms with E-state index in [4.69, 9.17) is 4.74 Å². The molecule has 0 aromatic heterocycles. The van der Waals surface area contributed by atoms with Crippen molar-refractivity contribution in [3.05, 3.63) is 57.9 Å². The third-order valence-electron chi connectivity index (χ3n) is 5.76. The molecule has 0 saturated carbocycles. The minimum atomic E-state index is -0.390. The van der Waals surface area contributed by atoms with Crippen molar-refractivity contribution >= 4 is 11.8 Å². The van der Waals surface area contributed by atoms with Crippen molar-refractivity contribution in [2.75, 3.05) is 7.11 Å². The minimum absolute atomic E-state index is 0.0404. The number of esters is 1. The monoisotopic (exact) mass is 381 g/mol. The fraction of sp³-hybridized carbons (Fsp3) is 0.500. The van der Waals surface area contributed by atoms with Crippen molar-refractivity contribution in [2.24, 2.45) is 5.41 Å². The zero-order valence-electron chi connectivity index (χ0n) is 18.0. The second-order valence-corrected chi connectivity index (χ2v) is 9.79. The van der Waals surface area contributed by atoms with Gasteiger partial charge in [-0.15, -0.1) is 0 Å². The van der Waals surface area contributed by atoms with E-state index in [-0.39, 0.29) is 28.5 Å². The molecule has 4 heteroatoms. The number of carbonyl (C=O) groups is 2. The molecule has 1 N–H and O–H groups in total. The van der Waals surface area contributed by atoms with E-state index in [1.807, 2.05) is 19.1 Å². The van der Waals surface area contributed by atoms with Gasteiger partial charge in [0.1, 0.15) is 0 Å². The lowest BCUT2D eigenvalue weighted by atomic mass is 9.68. The summed E-state index contributed by atoms with van der Waals surface area (Å²) >= 11 is 0. The molecule has 1 atom stereocenters. The van der Waals surface area contributed by atoms with Gasteiger partial charge in [-0.05, 0) is 35.3 Å². The lowest BCUT2D eigenvalue weighted by Crippen LogP contribution is -2.38. The molecular formula is C24H31NO3. The Balaban J connectivity index is 2.16. The summed E-state index contributed by atoms with van der Waals surface area (Å²) in [5, 5.41) is 3.34. The van der Waals surface area contributed by atoms with Gasteiger partial charge in [-0.25, -0.2) is 4.79 Å². The van der Waals surface area contributed by atoms with Crippen molar-refractivity contribution in [3.63, 3.8) is 0 Å². The van der Waals surface area contributed by atoms with Gasteiger partial charge in [0.15, 0.2) is 5.78 Å². The summed E-state index contributed by atoms with van der Waals surface area (Å²) in [7, 11) is 1.39. The Labute approximate surface area is 168 Å². The highest BCUT2D eigenvalue weighted by Crippen LogP contribution is 2.46. The SMILES string of the molecule is COC(=O)C1=C(C)NC2=C(C(=O)CC(C)(C)C2)[C@@H]1c1ccc(C(C)(C)C)cc1. The highest BCUT2D eigenvalue weighted by atomic mass is 16.5. The number of allylic oxidation sites excluding steroid dienone is 3.